The van der Waals surface area contributed by atoms with E-state index in [0.29, 0.717) is 5.32 Å². The van der Waals surface area contributed by atoms with Gasteiger partial charge in [0.05, 0.1) is 0 Å². The molecule has 0 spiro atoms. The summed E-state index contributed by atoms with van der Waals surface area (Å²) in [6, 6.07) is 14.0. The van der Waals surface area contributed by atoms with E-state index in [4.69, 9.17) is 0 Å². The molecule has 0 amide bonds. The van der Waals surface area contributed by atoms with E-state index in [9.17, 15) is 4.79 Å². The van der Waals surface area contributed by atoms with Gasteiger partial charge in [0.15, 0.2) is 0 Å². The molecular formula is C12H10OSSe. The molecule has 0 aliphatic rings. The van der Waals surface area contributed by atoms with Crippen molar-refractivity contribution in [2.24, 2.45) is 0 Å². The number of ketones is 1. The van der Waals surface area contributed by atoms with Crippen LogP contribution < -0.4 is 4.46 Å². The summed E-state index contributed by atoms with van der Waals surface area (Å²) in [5.74, 6) is 0.272. The summed E-state index contributed by atoms with van der Waals surface area (Å²) in [4.78, 5) is 12.6. The molecule has 0 saturated carbocycles. The molecular weight excluding hydrogens is 271 g/mol. The quantitative estimate of drug-likeness (QED) is 0.621. The summed E-state index contributed by atoms with van der Waals surface area (Å²) in [7, 11) is 0. The molecule has 1 aromatic heterocycles. The van der Waals surface area contributed by atoms with Gasteiger partial charge in [0.2, 0.25) is 0 Å². The third kappa shape index (κ3) is 3.03. The Morgan fingerprint density at radius 2 is 1.93 bits per heavy atom. The zero-order valence-corrected chi connectivity index (χ0v) is 10.6. The van der Waals surface area contributed by atoms with Gasteiger partial charge in [-0.1, -0.05) is 0 Å². The number of rotatable bonds is 4. The van der Waals surface area contributed by atoms with Crippen LogP contribution in [0.3, 0.4) is 0 Å². The first-order valence-corrected chi connectivity index (χ1v) is 7.55. The predicted octanol–water partition coefficient (Wildman–Crippen LogP) is 2.38. The maximum atomic E-state index is 11.7. The van der Waals surface area contributed by atoms with Crippen molar-refractivity contribution in [3.05, 3.63) is 52.7 Å². The zero-order valence-electron chi connectivity index (χ0n) is 8.05. The summed E-state index contributed by atoms with van der Waals surface area (Å²) < 4.78 is 1.29. The fraction of sp³-hybridized carbons (Fsp3) is 0.0833. The Morgan fingerprint density at radius 3 is 2.60 bits per heavy atom. The molecule has 0 atom stereocenters. The van der Waals surface area contributed by atoms with E-state index in [1.165, 1.54) is 15.8 Å². The summed E-state index contributed by atoms with van der Waals surface area (Å²) >= 11 is 1.79. The Hall–Kier alpha value is -0.891. The fourth-order valence-corrected chi connectivity index (χ4v) is 3.73. The fourth-order valence-electron chi connectivity index (χ4n) is 1.17. The van der Waals surface area contributed by atoms with Gasteiger partial charge in [-0.15, -0.1) is 0 Å². The number of hydrogen-bond donors (Lipinski definition) is 0. The van der Waals surface area contributed by atoms with Crippen molar-refractivity contribution in [2.45, 2.75) is 5.32 Å². The predicted molar refractivity (Wildman–Crippen MR) is 65.3 cm³/mol. The Balaban J connectivity index is 1.92. The van der Waals surface area contributed by atoms with Gasteiger partial charge >= 0.3 is 99.4 Å². The van der Waals surface area contributed by atoms with Gasteiger partial charge in [-0.2, -0.15) is 0 Å². The topological polar surface area (TPSA) is 17.1 Å². The van der Waals surface area contributed by atoms with Crippen molar-refractivity contribution in [1.82, 2.24) is 0 Å². The van der Waals surface area contributed by atoms with Crippen LogP contribution in [-0.4, -0.2) is 20.7 Å². The first kappa shape index (κ1) is 10.6. The van der Waals surface area contributed by atoms with Gasteiger partial charge in [-0.25, -0.2) is 0 Å². The van der Waals surface area contributed by atoms with E-state index in [1.54, 1.807) is 0 Å². The van der Waals surface area contributed by atoms with Crippen molar-refractivity contribution in [3.63, 3.8) is 0 Å². The molecule has 0 aliphatic heterocycles. The van der Waals surface area contributed by atoms with E-state index >= 15 is 0 Å². The van der Waals surface area contributed by atoms with Crippen molar-refractivity contribution >= 4 is 36.5 Å². The van der Waals surface area contributed by atoms with Gasteiger partial charge in [0.25, 0.3) is 0 Å². The molecule has 2 aromatic rings. The van der Waals surface area contributed by atoms with Crippen LogP contribution in [0.25, 0.3) is 0 Å². The van der Waals surface area contributed by atoms with Crippen LogP contribution in [-0.2, 0) is 0 Å². The van der Waals surface area contributed by atoms with Gasteiger partial charge in [0, 0.05) is 0 Å². The average Bonchev–Trinajstić information content (AvgIpc) is 2.81. The molecule has 3 heteroatoms. The number of benzene rings is 1. The van der Waals surface area contributed by atoms with Crippen LogP contribution in [0, 0.1) is 0 Å². The van der Waals surface area contributed by atoms with E-state index in [0.717, 1.165) is 4.88 Å². The van der Waals surface area contributed by atoms with E-state index in [-0.39, 0.29) is 20.7 Å². The Kier molecular flexibility index (Phi) is 3.73. The number of Topliss-reactive ketones (excluding diaryl/α,β-unsaturated/α-hetero) is 1. The zero-order chi connectivity index (χ0) is 10.5. The molecule has 0 N–H and O–H groups in total. The Morgan fingerprint density at radius 1 is 1.13 bits per heavy atom. The van der Waals surface area contributed by atoms with Crippen molar-refractivity contribution in [2.75, 3.05) is 0 Å². The van der Waals surface area contributed by atoms with Crippen LogP contribution in [0.4, 0.5) is 0 Å². The minimum absolute atomic E-state index is 0.266. The van der Waals surface area contributed by atoms with Gasteiger partial charge < -0.3 is 0 Å². The molecule has 76 valence electrons. The number of hydrogen-bond acceptors (Lipinski definition) is 2. The molecule has 0 aliphatic carbocycles. The van der Waals surface area contributed by atoms with Crippen LogP contribution in [0.15, 0.2) is 47.8 Å². The first-order valence-electron chi connectivity index (χ1n) is 4.61. The summed E-state index contributed by atoms with van der Waals surface area (Å²) in [5, 5.41) is 2.61. The Labute approximate surface area is 99.3 Å². The summed E-state index contributed by atoms with van der Waals surface area (Å²) in [6.07, 6.45) is 0. The van der Waals surface area contributed by atoms with Crippen molar-refractivity contribution in [1.29, 1.82) is 0 Å². The number of thiophene rings is 1. The summed E-state index contributed by atoms with van der Waals surface area (Å²) in [5.41, 5.74) is 0. The van der Waals surface area contributed by atoms with Gasteiger partial charge in [-0.05, 0) is 0 Å². The van der Waals surface area contributed by atoms with E-state index < -0.39 is 0 Å². The SMILES string of the molecule is O=C(C[Se]c1ccccc1)c1cccs1. The molecule has 15 heavy (non-hydrogen) atoms. The molecule has 0 bridgehead atoms. The standard InChI is InChI=1S/C12H10OSSe/c13-11(12-7-4-8-14-12)9-15-10-5-2-1-3-6-10/h1-8H,9H2. The monoisotopic (exact) mass is 282 g/mol. The van der Waals surface area contributed by atoms with Crippen LogP contribution in [0.1, 0.15) is 9.67 Å². The molecule has 0 fully saturated rings. The second kappa shape index (κ2) is 5.26. The first-order chi connectivity index (χ1) is 7.36. The minimum atomic E-state index is 0.266. The maximum absolute atomic E-state index is 11.7. The van der Waals surface area contributed by atoms with Crippen LogP contribution >= 0.6 is 11.3 Å². The molecule has 0 unspecified atom stereocenters. The van der Waals surface area contributed by atoms with E-state index in [1.807, 2.05) is 35.7 Å². The molecule has 0 radical (unpaired) electrons. The number of carbonyl (C=O) groups excluding carboxylic acids is 1. The van der Waals surface area contributed by atoms with Crippen molar-refractivity contribution in [3.8, 4) is 0 Å². The molecule has 2 rings (SSSR count). The van der Waals surface area contributed by atoms with Crippen LogP contribution in [0.2, 0.25) is 5.32 Å². The van der Waals surface area contributed by atoms with Crippen LogP contribution in [0.5, 0.6) is 0 Å². The van der Waals surface area contributed by atoms with Gasteiger partial charge in [0.1, 0.15) is 0 Å². The third-order valence-electron chi connectivity index (χ3n) is 1.91. The normalized spacial score (nSPS) is 10.1. The second-order valence-electron chi connectivity index (χ2n) is 3.00. The van der Waals surface area contributed by atoms with E-state index in [2.05, 4.69) is 12.1 Å². The molecule has 1 heterocycles. The second-order valence-corrected chi connectivity index (χ2v) is 6.15. The molecule has 0 saturated heterocycles. The van der Waals surface area contributed by atoms with Crippen molar-refractivity contribution < 1.29 is 4.79 Å². The average molecular weight is 281 g/mol. The molecule has 1 nitrogen and oxygen atoms in total. The number of carbonyl (C=O) groups is 1. The Bertz CT molecular complexity index is 422. The summed E-state index contributed by atoms with van der Waals surface area (Å²) in [6.45, 7) is 0. The van der Waals surface area contributed by atoms with Gasteiger partial charge in [-0.3, -0.25) is 0 Å². The third-order valence-corrected chi connectivity index (χ3v) is 4.94. The molecule has 1 aromatic carbocycles.